The van der Waals surface area contributed by atoms with Crippen molar-refractivity contribution in [3.63, 3.8) is 0 Å². The van der Waals surface area contributed by atoms with Crippen LogP contribution >= 0.6 is 0 Å². The van der Waals surface area contributed by atoms with Crippen molar-refractivity contribution in [2.24, 2.45) is 5.14 Å². The van der Waals surface area contributed by atoms with Crippen molar-refractivity contribution in [1.29, 1.82) is 0 Å². The molecule has 170 valence electrons. The fraction of sp³-hybridized carbons (Fsp3) is 0.100. The van der Waals surface area contributed by atoms with E-state index in [2.05, 4.69) is 4.74 Å². The number of ether oxygens (including phenoxy) is 1. The maximum Gasteiger partial charge on any atom is 0.419 e. The molecule has 0 amide bonds. The van der Waals surface area contributed by atoms with Gasteiger partial charge in [-0.3, -0.25) is 0 Å². The minimum absolute atomic E-state index is 0.474. The minimum atomic E-state index is -4.87. The molecule has 0 unspecified atom stereocenters. The number of rotatable bonds is 4. The fourth-order valence-corrected chi connectivity index (χ4v) is 3.90. The van der Waals surface area contributed by atoms with E-state index in [1.54, 1.807) is 0 Å². The molecule has 3 aromatic carbocycles. The number of primary sulfonamides is 1. The van der Waals surface area contributed by atoms with Crippen LogP contribution in [0, 0.1) is 23.3 Å². The van der Waals surface area contributed by atoms with E-state index < -0.39 is 77.9 Å². The van der Waals surface area contributed by atoms with Gasteiger partial charge in [-0.2, -0.15) is 13.2 Å². The maximum atomic E-state index is 14.9. The topological polar surface area (TPSA) is 69.4 Å². The molecule has 32 heavy (non-hydrogen) atoms. The van der Waals surface area contributed by atoms with Crippen LogP contribution in [0.5, 0.6) is 5.75 Å². The predicted octanol–water partition coefficient (Wildman–Crippen LogP) is 5.25. The van der Waals surface area contributed by atoms with E-state index >= 15 is 0 Å². The van der Waals surface area contributed by atoms with Gasteiger partial charge in [0.2, 0.25) is 10.0 Å². The summed E-state index contributed by atoms with van der Waals surface area (Å²) in [6.45, 7) is 0. The third kappa shape index (κ3) is 4.02. The first-order chi connectivity index (χ1) is 14.8. The van der Waals surface area contributed by atoms with Crippen LogP contribution in [0.3, 0.4) is 0 Å². The smallest absolute Gasteiger partial charge is 0.419 e. The lowest BCUT2D eigenvalue weighted by atomic mass is 9.92. The van der Waals surface area contributed by atoms with Crippen molar-refractivity contribution in [3.05, 3.63) is 71.3 Å². The van der Waals surface area contributed by atoms with E-state index in [0.717, 1.165) is 19.2 Å². The van der Waals surface area contributed by atoms with Crippen LogP contribution in [0.4, 0.5) is 30.7 Å². The first kappa shape index (κ1) is 23.5. The Labute approximate surface area is 177 Å². The quantitative estimate of drug-likeness (QED) is 0.316. The number of nitrogens with two attached hydrogens (primary N) is 1. The van der Waals surface area contributed by atoms with Gasteiger partial charge in [0.05, 0.1) is 17.6 Å². The average molecular weight is 479 g/mol. The number of sulfonamides is 1. The van der Waals surface area contributed by atoms with Crippen molar-refractivity contribution in [3.8, 4) is 28.0 Å². The van der Waals surface area contributed by atoms with E-state index in [1.165, 1.54) is 12.1 Å². The zero-order valence-corrected chi connectivity index (χ0v) is 16.7. The second kappa shape index (κ2) is 8.10. The zero-order chi connectivity index (χ0) is 24.0. The molecule has 0 aliphatic carbocycles. The molecule has 0 bridgehead atoms. The van der Waals surface area contributed by atoms with Crippen molar-refractivity contribution in [2.45, 2.75) is 11.1 Å². The summed E-state index contributed by atoms with van der Waals surface area (Å²) in [5.41, 5.74) is -4.50. The Morgan fingerprint density at radius 2 is 1.41 bits per heavy atom. The fourth-order valence-electron chi connectivity index (χ4n) is 3.16. The molecular weight excluding hydrogens is 467 g/mol. The van der Waals surface area contributed by atoms with E-state index in [9.17, 15) is 39.2 Å². The van der Waals surface area contributed by atoms with Crippen molar-refractivity contribution in [2.75, 3.05) is 7.11 Å². The molecule has 3 aromatic rings. The summed E-state index contributed by atoms with van der Waals surface area (Å²) in [4.78, 5) is -0.746. The van der Waals surface area contributed by atoms with Gasteiger partial charge in [0, 0.05) is 16.7 Å². The number of methoxy groups -OCH3 is 1. The van der Waals surface area contributed by atoms with E-state index in [4.69, 9.17) is 5.14 Å². The molecule has 4 nitrogen and oxygen atoms in total. The monoisotopic (exact) mass is 479 g/mol. The van der Waals surface area contributed by atoms with Gasteiger partial charge < -0.3 is 4.74 Å². The summed E-state index contributed by atoms with van der Waals surface area (Å²) in [5, 5.41) is 5.10. The molecule has 12 heteroatoms. The SMILES string of the molecule is COc1cc(-c2c(F)c(F)c(F)c(F)c2-c2ccccc2S(N)(=O)=O)ccc1C(F)(F)F. The minimum Gasteiger partial charge on any atom is -0.496 e. The molecule has 3 rings (SSSR count). The number of hydrogen-bond acceptors (Lipinski definition) is 3. The highest BCUT2D eigenvalue weighted by Crippen LogP contribution is 2.44. The van der Waals surface area contributed by atoms with Gasteiger partial charge >= 0.3 is 6.18 Å². The first-order valence-electron chi connectivity index (χ1n) is 8.52. The van der Waals surface area contributed by atoms with E-state index in [1.807, 2.05) is 0 Å². The Hall–Kier alpha value is -3.12. The van der Waals surface area contributed by atoms with Gasteiger partial charge in [-0.25, -0.2) is 31.1 Å². The van der Waals surface area contributed by atoms with E-state index in [-0.39, 0.29) is 0 Å². The lowest BCUT2D eigenvalue weighted by Crippen LogP contribution is -2.14. The highest BCUT2D eigenvalue weighted by Gasteiger charge is 2.35. The molecule has 2 N–H and O–H groups in total. The normalized spacial score (nSPS) is 12.2. The van der Waals surface area contributed by atoms with Crippen molar-refractivity contribution < 1.29 is 43.9 Å². The molecule has 0 aromatic heterocycles. The molecule has 0 spiro atoms. The second-order valence-corrected chi connectivity index (χ2v) is 7.99. The molecule has 0 saturated heterocycles. The molecular formula is C20H12F7NO3S. The number of halogens is 7. The van der Waals surface area contributed by atoms with Crippen LogP contribution in [0.2, 0.25) is 0 Å². The Balaban J connectivity index is 2.48. The molecule has 0 aliphatic heterocycles. The summed E-state index contributed by atoms with van der Waals surface area (Å²) in [6.07, 6.45) is -4.87. The third-order valence-corrected chi connectivity index (χ3v) is 5.49. The first-order valence-corrected chi connectivity index (χ1v) is 10.1. The summed E-state index contributed by atoms with van der Waals surface area (Å²) >= 11 is 0. The van der Waals surface area contributed by atoms with Crippen LogP contribution in [0.15, 0.2) is 47.4 Å². The highest BCUT2D eigenvalue weighted by molar-refractivity contribution is 7.89. The van der Waals surface area contributed by atoms with Crippen molar-refractivity contribution in [1.82, 2.24) is 0 Å². The van der Waals surface area contributed by atoms with Crippen LogP contribution < -0.4 is 9.88 Å². The molecule has 0 heterocycles. The highest BCUT2D eigenvalue weighted by atomic mass is 32.2. The molecule has 0 saturated carbocycles. The Morgan fingerprint density at radius 1 is 0.844 bits per heavy atom. The van der Waals surface area contributed by atoms with Gasteiger partial charge in [0.15, 0.2) is 23.3 Å². The summed E-state index contributed by atoms with van der Waals surface area (Å²) in [7, 11) is -3.67. The Morgan fingerprint density at radius 3 is 1.94 bits per heavy atom. The molecule has 0 fully saturated rings. The average Bonchev–Trinajstić information content (AvgIpc) is 2.72. The standard InChI is InChI=1S/C20H12F7NO3S/c1-31-12-8-9(6-7-11(12)20(25,26)27)14-15(17(22)19(24)18(23)16(14)21)10-4-2-3-5-13(10)32(28,29)30/h2-8H,1H3,(H2,28,29,30). The summed E-state index contributed by atoms with van der Waals surface area (Å²) in [5.74, 6) is -9.22. The van der Waals surface area contributed by atoms with Crippen LogP contribution in [0.1, 0.15) is 5.56 Å². The number of alkyl halides is 3. The summed E-state index contributed by atoms with van der Waals surface area (Å²) < 4.78 is 126. The van der Waals surface area contributed by atoms with Gasteiger partial charge in [-0.05, 0) is 23.8 Å². The van der Waals surface area contributed by atoms with Gasteiger partial charge in [0.1, 0.15) is 5.75 Å². The zero-order valence-electron chi connectivity index (χ0n) is 15.9. The number of hydrogen-bond donors (Lipinski definition) is 1. The van der Waals surface area contributed by atoms with Crippen LogP contribution in [-0.2, 0) is 16.2 Å². The lowest BCUT2D eigenvalue weighted by molar-refractivity contribution is -0.138. The van der Waals surface area contributed by atoms with Gasteiger partial charge in [-0.15, -0.1) is 0 Å². The Kier molecular flexibility index (Phi) is 5.96. The third-order valence-electron chi connectivity index (χ3n) is 4.53. The number of benzene rings is 3. The van der Waals surface area contributed by atoms with Crippen molar-refractivity contribution >= 4 is 10.0 Å². The van der Waals surface area contributed by atoms with Gasteiger partial charge in [-0.1, -0.05) is 24.3 Å². The maximum absolute atomic E-state index is 14.9. The predicted molar refractivity (Wildman–Crippen MR) is 100 cm³/mol. The Bertz CT molecular complexity index is 1320. The van der Waals surface area contributed by atoms with Crippen LogP contribution in [-0.4, -0.2) is 15.5 Å². The van der Waals surface area contributed by atoms with Crippen LogP contribution in [0.25, 0.3) is 22.3 Å². The second-order valence-electron chi connectivity index (χ2n) is 6.46. The molecule has 0 radical (unpaired) electrons. The van der Waals surface area contributed by atoms with E-state index in [0.29, 0.717) is 18.2 Å². The van der Waals surface area contributed by atoms with Gasteiger partial charge in [0.25, 0.3) is 0 Å². The largest absolute Gasteiger partial charge is 0.496 e. The molecule has 0 atom stereocenters. The summed E-state index contributed by atoms with van der Waals surface area (Å²) in [6, 6.07) is 6.06. The molecule has 0 aliphatic rings. The lowest BCUT2D eigenvalue weighted by Gasteiger charge is -2.18.